The first-order valence-electron chi connectivity index (χ1n) is 8.82. The van der Waals surface area contributed by atoms with Gasteiger partial charge in [-0.05, 0) is 29.8 Å². The minimum Gasteiger partial charge on any atom is -0.464 e. The summed E-state index contributed by atoms with van der Waals surface area (Å²) in [5.74, 6) is 0.867. The van der Waals surface area contributed by atoms with Crippen molar-refractivity contribution in [3.63, 3.8) is 0 Å². The van der Waals surface area contributed by atoms with E-state index in [1.54, 1.807) is 0 Å². The van der Waals surface area contributed by atoms with Crippen molar-refractivity contribution in [3.05, 3.63) is 99.0 Å². The summed E-state index contributed by atoms with van der Waals surface area (Å²) in [6, 6.07) is 24.4. The molecule has 0 saturated heterocycles. The Morgan fingerprint density at radius 2 is 1.74 bits per heavy atom. The molecule has 0 saturated carbocycles. The Labute approximate surface area is 171 Å². The van der Waals surface area contributed by atoms with Crippen LogP contribution in [0.5, 0.6) is 5.75 Å². The van der Waals surface area contributed by atoms with Crippen LogP contribution in [-0.4, -0.2) is 10.7 Å². The Hall–Kier alpha value is -2.30. The molecule has 5 rings (SSSR count). The molecular formula is C22H16BrClN2O. The SMILES string of the molecule is Clc1ccc2c(c1)C1CC(c3ccccc3)=NN1C(c1ccccc1Br)O2. The molecule has 0 aromatic heterocycles. The van der Waals surface area contributed by atoms with Crippen LogP contribution in [0.4, 0.5) is 0 Å². The predicted octanol–water partition coefficient (Wildman–Crippen LogP) is 6.34. The third-order valence-corrected chi connectivity index (χ3v) is 5.99. The molecular weight excluding hydrogens is 424 g/mol. The molecule has 3 aromatic carbocycles. The van der Waals surface area contributed by atoms with Gasteiger partial charge in [-0.25, -0.2) is 5.01 Å². The van der Waals surface area contributed by atoms with Crippen molar-refractivity contribution in [3.8, 4) is 5.75 Å². The van der Waals surface area contributed by atoms with Gasteiger partial charge in [0, 0.05) is 27.0 Å². The number of halogens is 2. The Kier molecular flexibility index (Phi) is 4.18. The summed E-state index contributed by atoms with van der Waals surface area (Å²) in [7, 11) is 0. The predicted molar refractivity (Wildman–Crippen MR) is 111 cm³/mol. The van der Waals surface area contributed by atoms with E-state index >= 15 is 0 Å². The summed E-state index contributed by atoms with van der Waals surface area (Å²) in [6.07, 6.45) is 0.530. The fourth-order valence-corrected chi connectivity index (χ4v) is 4.40. The van der Waals surface area contributed by atoms with Crippen molar-refractivity contribution >= 4 is 33.2 Å². The topological polar surface area (TPSA) is 24.8 Å². The molecule has 3 aromatic rings. The zero-order valence-electron chi connectivity index (χ0n) is 14.3. The first kappa shape index (κ1) is 16.8. The van der Waals surface area contributed by atoms with Crippen molar-refractivity contribution in [2.24, 2.45) is 5.10 Å². The maximum atomic E-state index is 6.38. The van der Waals surface area contributed by atoms with E-state index in [2.05, 4.69) is 39.1 Å². The van der Waals surface area contributed by atoms with Crippen LogP contribution in [0.1, 0.15) is 35.4 Å². The van der Waals surface area contributed by atoms with E-state index in [9.17, 15) is 0 Å². The van der Waals surface area contributed by atoms with Gasteiger partial charge in [-0.15, -0.1) is 0 Å². The fourth-order valence-electron chi connectivity index (χ4n) is 3.74. The zero-order valence-corrected chi connectivity index (χ0v) is 16.7. The number of ether oxygens (including phenoxy) is 1. The van der Waals surface area contributed by atoms with Gasteiger partial charge in [-0.1, -0.05) is 76.1 Å². The number of benzene rings is 3. The highest BCUT2D eigenvalue weighted by atomic mass is 79.9. The summed E-state index contributed by atoms with van der Waals surface area (Å²) in [4.78, 5) is 0. The molecule has 2 aliphatic rings. The fraction of sp³-hybridized carbons (Fsp3) is 0.136. The van der Waals surface area contributed by atoms with Crippen LogP contribution in [0.15, 0.2) is 82.4 Å². The lowest BCUT2D eigenvalue weighted by atomic mass is 9.96. The van der Waals surface area contributed by atoms with Gasteiger partial charge >= 0.3 is 0 Å². The van der Waals surface area contributed by atoms with Crippen LogP contribution in [0.2, 0.25) is 5.02 Å². The first-order chi connectivity index (χ1) is 13.2. The molecule has 0 spiro atoms. The van der Waals surface area contributed by atoms with E-state index in [1.165, 1.54) is 0 Å². The lowest BCUT2D eigenvalue weighted by Crippen LogP contribution is -2.33. The van der Waals surface area contributed by atoms with Gasteiger partial charge in [0.05, 0.1) is 11.8 Å². The van der Waals surface area contributed by atoms with Gasteiger partial charge in [-0.2, -0.15) is 5.10 Å². The van der Waals surface area contributed by atoms with Gasteiger partial charge in [0.25, 0.3) is 0 Å². The second-order valence-electron chi connectivity index (χ2n) is 6.69. The number of nitrogens with zero attached hydrogens (tertiary/aromatic N) is 2. The molecule has 0 fully saturated rings. The average molecular weight is 440 g/mol. The van der Waals surface area contributed by atoms with Crippen LogP contribution in [0, 0.1) is 0 Å². The quantitative estimate of drug-likeness (QED) is 0.465. The second-order valence-corrected chi connectivity index (χ2v) is 7.98. The summed E-state index contributed by atoms with van der Waals surface area (Å²) < 4.78 is 7.39. The lowest BCUT2D eigenvalue weighted by Gasteiger charge is -2.38. The van der Waals surface area contributed by atoms with Gasteiger partial charge < -0.3 is 4.74 Å². The molecule has 134 valence electrons. The monoisotopic (exact) mass is 438 g/mol. The van der Waals surface area contributed by atoms with E-state index in [0.717, 1.165) is 39.0 Å². The number of hydrogen-bond acceptors (Lipinski definition) is 3. The average Bonchev–Trinajstić information content (AvgIpc) is 3.15. The third kappa shape index (κ3) is 2.93. The minimum atomic E-state index is -0.291. The Morgan fingerprint density at radius 1 is 0.963 bits per heavy atom. The molecule has 2 aliphatic heterocycles. The summed E-state index contributed by atoms with van der Waals surface area (Å²) >= 11 is 9.94. The van der Waals surface area contributed by atoms with E-state index < -0.39 is 0 Å². The summed E-state index contributed by atoms with van der Waals surface area (Å²) in [5, 5.41) is 7.75. The smallest absolute Gasteiger partial charge is 0.214 e. The molecule has 0 N–H and O–H groups in total. The molecule has 27 heavy (non-hydrogen) atoms. The van der Waals surface area contributed by atoms with E-state index in [0.29, 0.717) is 5.02 Å². The van der Waals surface area contributed by atoms with Gasteiger partial charge in [0.2, 0.25) is 6.23 Å². The van der Waals surface area contributed by atoms with Crippen molar-refractivity contribution in [2.45, 2.75) is 18.7 Å². The highest BCUT2D eigenvalue weighted by Gasteiger charge is 2.41. The van der Waals surface area contributed by atoms with Crippen LogP contribution in [-0.2, 0) is 0 Å². The van der Waals surface area contributed by atoms with Crippen LogP contribution < -0.4 is 4.74 Å². The van der Waals surface area contributed by atoms with Crippen molar-refractivity contribution in [2.75, 3.05) is 0 Å². The highest BCUT2D eigenvalue weighted by molar-refractivity contribution is 9.10. The van der Waals surface area contributed by atoms with E-state index in [-0.39, 0.29) is 12.3 Å². The molecule has 2 heterocycles. The number of hydrogen-bond donors (Lipinski definition) is 0. The van der Waals surface area contributed by atoms with Gasteiger partial charge in [0.15, 0.2) is 0 Å². The molecule has 0 amide bonds. The third-order valence-electron chi connectivity index (χ3n) is 5.03. The molecule has 0 bridgehead atoms. The Bertz CT molecular complexity index is 1040. The minimum absolute atomic E-state index is 0.0970. The maximum absolute atomic E-state index is 6.38. The lowest BCUT2D eigenvalue weighted by molar-refractivity contribution is -0.0194. The maximum Gasteiger partial charge on any atom is 0.214 e. The first-order valence-corrected chi connectivity index (χ1v) is 9.99. The number of hydrazone groups is 1. The van der Waals surface area contributed by atoms with Crippen LogP contribution >= 0.6 is 27.5 Å². The van der Waals surface area contributed by atoms with E-state index in [4.69, 9.17) is 21.4 Å². The number of rotatable bonds is 2. The normalized spacial score (nSPS) is 20.5. The van der Waals surface area contributed by atoms with Crippen LogP contribution in [0.3, 0.4) is 0 Å². The Balaban J connectivity index is 1.64. The van der Waals surface area contributed by atoms with Crippen LogP contribution in [0.25, 0.3) is 0 Å². The molecule has 0 radical (unpaired) electrons. The van der Waals surface area contributed by atoms with Crippen molar-refractivity contribution in [1.29, 1.82) is 0 Å². The zero-order chi connectivity index (χ0) is 18.4. The molecule has 2 atom stereocenters. The largest absolute Gasteiger partial charge is 0.464 e. The van der Waals surface area contributed by atoms with Gasteiger partial charge in [-0.3, -0.25) is 0 Å². The van der Waals surface area contributed by atoms with Gasteiger partial charge in [0.1, 0.15) is 5.75 Å². The highest BCUT2D eigenvalue weighted by Crippen LogP contribution is 2.49. The second kappa shape index (κ2) is 6.70. The molecule has 2 unspecified atom stereocenters. The molecule has 0 aliphatic carbocycles. The molecule has 5 heteroatoms. The molecule has 3 nitrogen and oxygen atoms in total. The summed E-state index contributed by atoms with van der Waals surface area (Å²) in [5.41, 5.74) is 4.34. The van der Waals surface area contributed by atoms with Crippen molar-refractivity contribution < 1.29 is 4.74 Å². The standard InChI is InChI=1S/C22H16BrClN2O/c23-18-9-5-4-8-16(18)22-26-20(17-12-15(24)10-11-21(17)27-22)13-19(25-26)14-6-2-1-3-7-14/h1-12,20,22H,13H2. The van der Waals surface area contributed by atoms with E-state index in [1.807, 2.05) is 54.6 Å². The Morgan fingerprint density at radius 3 is 2.56 bits per heavy atom. The number of fused-ring (bicyclic) bond motifs is 3. The summed E-state index contributed by atoms with van der Waals surface area (Å²) in [6.45, 7) is 0. The van der Waals surface area contributed by atoms with Crippen molar-refractivity contribution in [1.82, 2.24) is 5.01 Å².